The Hall–Kier alpha value is -4.22. The van der Waals surface area contributed by atoms with Crippen molar-refractivity contribution in [3.8, 4) is 11.5 Å². The zero-order valence-electron chi connectivity index (χ0n) is 19.2. The van der Waals surface area contributed by atoms with Crippen LogP contribution in [0, 0.1) is 0 Å². The minimum absolute atomic E-state index is 0.0762. The normalized spacial score (nSPS) is 15.0. The molecule has 4 aromatic rings. The number of anilines is 1. The van der Waals surface area contributed by atoms with E-state index in [2.05, 4.69) is 15.5 Å². The molecule has 36 heavy (non-hydrogen) atoms. The molecule has 0 fully saturated rings. The van der Waals surface area contributed by atoms with Crippen LogP contribution in [0.25, 0.3) is 0 Å². The zero-order valence-corrected chi connectivity index (χ0v) is 20.0. The lowest BCUT2D eigenvalue weighted by molar-refractivity contribution is 0.0716. The van der Waals surface area contributed by atoms with Crippen LogP contribution in [-0.2, 0) is 16.6 Å². The van der Waals surface area contributed by atoms with Crippen LogP contribution >= 0.6 is 0 Å². The number of hydrogen-bond donors (Lipinski definition) is 1. The van der Waals surface area contributed by atoms with E-state index in [9.17, 15) is 13.2 Å². The number of nitrogens with zero attached hydrogens (tertiary/aromatic N) is 3. The maximum Gasteiger partial charge on any atom is 0.322 e. The fourth-order valence-corrected chi connectivity index (χ4v) is 4.77. The van der Waals surface area contributed by atoms with Gasteiger partial charge in [-0.25, -0.2) is 8.42 Å². The first-order chi connectivity index (χ1) is 17.4. The highest BCUT2D eigenvalue weighted by Crippen LogP contribution is 2.35. The first-order valence-corrected chi connectivity index (χ1v) is 12.5. The van der Waals surface area contributed by atoms with Crippen LogP contribution in [0.15, 0.2) is 88.2 Å². The fraction of sp³-hybridized carbons (Fsp3) is 0.160. The number of nitrogens with one attached hydrogen (secondary N) is 1. The number of hydrogen-bond acceptors (Lipinski definition) is 8. The van der Waals surface area contributed by atoms with Crippen molar-refractivity contribution < 1.29 is 27.1 Å². The number of ether oxygens (including phenoxy) is 2. The standard InChI is InChI=1S/C25H22N4O6S/c1-29(15-17-7-3-2-4-8-17)36(31,32)19-13-11-18(12-14-19)23(30)26-25-28-27-24(35-25)22-16-33-20-9-5-6-10-21(20)34-22/h2-14,22H,15-16H2,1H3,(H,26,28,30)/t22-/m1/s1. The Bertz CT molecular complexity index is 1470. The second-order valence-corrected chi connectivity index (χ2v) is 10.1. The van der Waals surface area contributed by atoms with E-state index in [4.69, 9.17) is 13.9 Å². The SMILES string of the molecule is CN(Cc1ccccc1)S(=O)(=O)c1ccc(C(=O)Nc2nnc([C@H]3COc4ccccc4O3)o2)cc1. The van der Waals surface area contributed by atoms with Gasteiger partial charge in [0.05, 0.1) is 4.90 Å². The van der Waals surface area contributed by atoms with Gasteiger partial charge in [-0.3, -0.25) is 10.1 Å². The molecule has 0 saturated carbocycles. The summed E-state index contributed by atoms with van der Waals surface area (Å²) in [6, 6.07) is 22.0. The summed E-state index contributed by atoms with van der Waals surface area (Å²) in [6.07, 6.45) is -0.615. The van der Waals surface area contributed by atoms with Gasteiger partial charge in [-0.1, -0.05) is 47.6 Å². The van der Waals surface area contributed by atoms with Gasteiger partial charge >= 0.3 is 6.01 Å². The predicted molar refractivity (Wildman–Crippen MR) is 129 cm³/mol. The highest BCUT2D eigenvalue weighted by Gasteiger charge is 2.28. The van der Waals surface area contributed by atoms with Gasteiger partial charge in [-0.15, -0.1) is 5.10 Å². The first-order valence-electron chi connectivity index (χ1n) is 11.0. The summed E-state index contributed by atoms with van der Waals surface area (Å²) in [6.45, 7) is 0.410. The summed E-state index contributed by atoms with van der Waals surface area (Å²) in [7, 11) is -2.22. The molecule has 1 aromatic heterocycles. The lowest BCUT2D eigenvalue weighted by Crippen LogP contribution is -2.26. The first kappa shape index (κ1) is 23.5. The molecule has 3 aromatic carbocycles. The van der Waals surface area contributed by atoms with Crippen LogP contribution in [0.5, 0.6) is 11.5 Å². The van der Waals surface area contributed by atoms with Crippen LogP contribution in [0.3, 0.4) is 0 Å². The summed E-state index contributed by atoms with van der Waals surface area (Å²) in [5.41, 5.74) is 1.10. The van der Waals surface area contributed by atoms with Crippen molar-refractivity contribution in [2.75, 3.05) is 19.0 Å². The minimum Gasteiger partial charge on any atom is -0.485 e. The summed E-state index contributed by atoms with van der Waals surface area (Å²) in [5, 5.41) is 10.3. The highest BCUT2D eigenvalue weighted by atomic mass is 32.2. The number of rotatable bonds is 7. The number of aromatic nitrogens is 2. The molecule has 0 bridgehead atoms. The number of amides is 1. The average molecular weight is 507 g/mol. The summed E-state index contributed by atoms with van der Waals surface area (Å²) in [5.74, 6) is 0.807. The predicted octanol–water partition coefficient (Wildman–Crippen LogP) is 3.66. The Morgan fingerprint density at radius 1 is 0.972 bits per heavy atom. The van der Waals surface area contributed by atoms with Gasteiger partial charge in [0, 0.05) is 19.2 Å². The average Bonchev–Trinajstić information content (AvgIpc) is 3.37. The van der Waals surface area contributed by atoms with Crippen LogP contribution in [0.2, 0.25) is 0 Å². The lowest BCUT2D eigenvalue weighted by Gasteiger charge is -2.23. The summed E-state index contributed by atoms with van der Waals surface area (Å²) in [4.78, 5) is 12.7. The lowest BCUT2D eigenvalue weighted by atomic mass is 10.2. The van der Waals surface area contributed by atoms with Crippen molar-refractivity contribution >= 4 is 21.9 Å². The number of fused-ring (bicyclic) bond motifs is 1. The molecule has 1 atom stereocenters. The molecular weight excluding hydrogens is 484 g/mol. The quantitative estimate of drug-likeness (QED) is 0.403. The molecule has 184 valence electrons. The maximum absolute atomic E-state index is 12.9. The monoisotopic (exact) mass is 506 g/mol. The Kier molecular flexibility index (Phi) is 6.40. The van der Waals surface area contributed by atoms with E-state index in [0.29, 0.717) is 11.5 Å². The number of para-hydroxylation sites is 2. The number of sulfonamides is 1. The molecule has 0 unspecified atom stereocenters. The van der Waals surface area contributed by atoms with Gasteiger partial charge in [0.1, 0.15) is 6.61 Å². The fourth-order valence-electron chi connectivity index (χ4n) is 3.61. The molecule has 5 rings (SSSR count). The smallest absolute Gasteiger partial charge is 0.322 e. The minimum atomic E-state index is -3.73. The van der Waals surface area contributed by atoms with Gasteiger partial charge in [0.2, 0.25) is 16.1 Å². The van der Waals surface area contributed by atoms with Crippen LogP contribution in [0.4, 0.5) is 6.01 Å². The third kappa shape index (κ3) is 4.92. The van der Waals surface area contributed by atoms with E-state index < -0.39 is 22.0 Å². The van der Waals surface area contributed by atoms with Crippen LogP contribution in [0.1, 0.15) is 27.9 Å². The molecule has 1 amide bonds. The summed E-state index contributed by atoms with van der Waals surface area (Å²) >= 11 is 0. The highest BCUT2D eigenvalue weighted by molar-refractivity contribution is 7.89. The Labute approximate surface area is 207 Å². The third-order valence-corrected chi connectivity index (χ3v) is 7.34. The van der Waals surface area contributed by atoms with Gasteiger partial charge in [0.15, 0.2) is 11.5 Å². The molecular formula is C25H22N4O6S. The largest absolute Gasteiger partial charge is 0.485 e. The Morgan fingerprint density at radius 3 is 2.42 bits per heavy atom. The molecule has 10 nitrogen and oxygen atoms in total. The van der Waals surface area contributed by atoms with E-state index in [0.717, 1.165) is 5.56 Å². The third-order valence-electron chi connectivity index (χ3n) is 5.52. The van der Waals surface area contributed by atoms with E-state index in [1.807, 2.05) is 42.5 Å². The van der Waals surface area contributed by atoms with Crippen molar-refractivity contribution in [3.63, 3.8) is 0 Å². The second kappa shape index (κ2) is 9.80. The van der Waals surface area contributed by atoms with Crippen molar-refractivity contribution in [1.82, 2.24) is 14.5 Å². The second-order valence-electron chi connectivity index (χ2n) is 8.03. The molecule has 0 spiro atoms. The Morgan fingerprint density at radius 2 is 1.67 bits per heavy atom. The number of benzene rings is 3. The van der Waals surface area contributed by atoms with Gasteiger partial charge in [-0.2, -0.15) is 4.31 Å². The summed E-state index contributed by atoms with van der Waals surface area (Å²) < 4.78 is 44.1. The van der Waals surface area contributed by atoms with E-state index in [-0.39, 0.29) is 35.5 Å². The Balaban J connectivity index is 1.22. The maximum atomic E-state index is 12.9. The van der Waals surface area contributed by atoms with E-state index in [1.54, 1.807) is 12.1 Å². The molecule has 2 heterocycles. The zero-order chi connectivity index (χ0) is 25.1. The van der Waals surface area contributed by atoms with Gasteiger partial charge in [-0.05, 0) is 42.0 Å². The van der Waals surface area contributed by atoms with Crippen molar-refractivity contribution in [3.05, 3.63) is 95.9 Å². The molecule has 0 aliphatic carbocycles. The number of carbonyl (C=O) groups is 1. The van der Waals surface area contributed by atoms with E-state index in [1.165, 1.54) is 35.6 Å². The van der Waals surface area contributed by atoms with Crippen molar-refractivity contribution in [2.45, 2.75) is 17.5 Å². The molecule has 11 heteroatoms. The molecule has 1 aliphatic heterocycles. The van der Waals surface area contributed by atoms with Crippen LogP contribution in [-0.4, -0.2) is 42.5 Å². The van der Waals surface area contributed by atoms with E-state index >= 15 is 0 Å². The molecule has 0 radical (unpaired) electrons. The molecule has 1 aliphatic rings. The molecule has 0 saturated heterocycles. The van der Waals surface area contributed by atoms with Gasteiger partial charge < -0.3 is 13.9 Å². The van der Waals surface area contributed by atoms with Crippen molar-refractivity contribution in [2.24, 2.45) is 0 Å². The topological polar surface area (TPSA) is 124 Å². The van der Waals surface area contributed by atoms with Crippen LogP contribution < -0.4 is 14.8 Å². The number of carbonyl (C=O) groups excluding carboxylic acids is 1. The van der Waals surface area contributed by atoms with Crippen molar-refractivity contribution in [1.29, 1.82) is 0 Å². The van der Waals surface area contributed by atoms with Gasteiger partial charge in [0.25, 0.3) is 11.8 Å². The molecule has 1 N–H and O–H groups in total.